The van der Waals surface area contributed by atoms with Crippen molar-refractivity contribution in [2.45, 2.75) is 44.7 Å². The number of ether oxygens (including phenoxy) is 1. The maximum absolute atomic E-state index is 11.8. The summed E-state index contributed by atoms with van der Waals surface area (Å²) in [5.41, 5.74) is 2.80. The lowest BCUT2D eigenvalue weighted by Crippen LogP contribution is -2.36. The molecule has 2 aromatic carbocycles. The molecule has 0 unspecified atom stereocenters. The lowest BCUT2D eigenvalue weighted by atomic mass is 10.1. The third kappa shape index (κ3) is 6.49. The van der Waals surface area contributed by atoms with E-state index >= 15 is 0 Å². The minimum Gasteiger partial charge on any atom is -0.493 e. The number of para-hydroxylation sites is 1. The molecule has 0 spiro atoms. The van der Waals surface area contributed by atoms with Gasteiger partial charge >= 0.3 is 0 Å². The van der Waals surface area contributed by atoms with Gasteiger partial charge in [0.25, 0.3) is 0 Å². The van der Waals surface area contributed by atoms with Crippen LogP contribution in [0.2, 0.25) is 0 Å². The first-order valence-corrected chi connectivity index (χ1v) is 12.3. The van der Waals surface area contributed by atoms with Gasteiger partial charge in [0.05, 0.1) is 18.0 Å². The van der Waals surface area contributed by atoms with Crippen molar-refractivity contribution in [1.29, 1.82) is 0 Å². The SMILES string of the molecule is CCNC(=NCc1ccc(S(C)(=O)=O)c(C)c1)NCc1ccccc1OCC1CC1. The molecule has 7 heteroatoms. The molecule has 30 heavy (non-hydrogen) atoms. The Morgan fingerprint density at radius 2 is 1.93 bits per heavy atom. The normalized spacial score (nSPS) is 14.4. The smallest absolute Gasteiger partial charge is 0.191 e. The zero-order valence-corrected chi connectivity index (χ0v) is 18.8. The number of aryl methyl sites for hydroxylation is 1. The Morgan fingerprint density at radius 1 is 1.17 bits per heavy atom. The van der Waals surface area contributed by atoms with Crippen LogP contribution in [0.4, 0.5) is 0 Å². The lowest BCUT2D eigenvalue weighted by Gasteiger charge is -2.15. The van der Waals surface area contributed by atoms with E-state index in [0.717, 1.165) is 35.6 Å². The minimum absolute atomic E-state index is 0.364. The van der Waals surface area contributed by atoms with E-state index in [2.05, 4.69) is 21.7 Å². The Morgan fingerprint density at radius 3 is 2.60 bits per heavy atom. The highest BCUT2D eigenvalue weighted by molar-refractivity contribution is 7.90. The van der Waals surface area contributed by atoms with Crippen LogP contribution in [0.3, 0.4) is 0 Å². The summed E-state index contributed by atoms with van der Waals surface area (Å²) in [7, 11) is -3.21. The van der Waals surface area contributed by atoms with Crippen LogP contribution in [0.1, 0.15) is 36.5 Å². The van der Waals surface area contributed by atoms with Crippen molar-refractivity contribution < 1.29 is 13.2 Å². The summed E-state index contributed by atoms with van der Waals surface area (Å²) in [6, 6.07) is 13.4. The van der Waals surface area contributed by atoms with Crippen molar-refractivity contribution in [1.82, 2.24) is 10.6 Å². The zero-order valence-electron chi connectivity index (χ0n) is 17.9. The molecule has 0 heterocycles. The van der Waals surface area contributed by atoms with E-state index in [1.54, 1.807) is 6.07 Å². The summed E-state index contributed by atoms with van der Waals surface area (Å²) in [6.07, 6.45) is 3.76. The van der Waals surface area contributed by atoms with E-state index in [0.29, 0.717) is 29.9 Å². The number of hydrogen-bond acceptors (Lipinski definition) is 4. The molecule has 1 aliphatic rings. The number of hydrogen-bond donors (Lipinski definition) is 2. The van der Waals surface area contributed by atoms with Gasteiger partial charge in [0.15, 0.2) is 15.8 Å². The molecule has 1 fully saturated rings. The van der Waals surface area contributed by atoms with E-state index in [4.69, 9.17) is 4.74 Å². The highest BCUT2D eigenvalue weighted by Crippen LogP contribution is 2.30. The first kappa shape index (κ1) is 22.2. The standard InChI is InChI=1S/C23H31N3O3S/c1-4-24-23(25-14-19-11-12-22(17(2)13-19)30(3,27)28)26-15-20-7-5-6-8-21(20)29-16-18-9-10-18/h5-8,11-13,18H,4,9-10,14-16H2,1-3H3,(H2,24,25,26). The predicted octanol–water partition coefficient (Wildman–Crippen LogP) is 3.44. The number of guanidine groups is 1. The zero-order chi connectivity index (χ0) is 21.6. The Balaban J connectivity index is 1.64. The molecule has 162 valence electrons. The van der Waals surface area contributed by atoms with Crippen LogP contribution < -0.4 is 15.4 Å². The molecule has 0 bridgehead atoms. The fourth-order valence-corrected chi connectivity index (χ4v) is 4.16. The summed E-state index contributed by atoms with van der Waals surface area (Å²) in [4.78, 5) is 5.01. The van der Waals surface area contributed by atoms with E-state index in [1.165, 1.54) is 19.1 Å². The summed E-state index contributed by atoms with van der Waals surface area (Å²) in [5, 5.41) is 6.62. The highest BCUT2D eigenvalue weighted by atomic mass is 32.2. The third-order valence-corrected chi connectivity index (χ3v) is 6.25. The molecule has 2 aromatic rings. The van der Waals surface area contributed by atoms with Crippen LogP contribution >= 0.6 is 0 Å². The van der Waals surface area contributed by atoms with E-state index in [-0.39, 0.29) is 0 Å². The van der Waals surface area contributed by atoms with Gasteiger partial charge in [-0.05, 0) is 55.9 Å². The van der Waals surface area contributed by atoms with Crippen LogP contribution in [-0.4, -0.2) is 33.8 Å². The Hall–Kier alpha value is -2.54. The maximum atomic E-state index is 11.8. The van der Waals surface area contributed by atoms with Gasteiger partial charge in [-0.25, -0.2) is 13.4 Å². The quantitative estimate of drug-likeness (QED) is 0.471. The molecule has 0 aromatic heterocycles. The largest absolute Gasteiger partial charge is 0.493 e. The average molecular weight is 430 g/mol. The maximum Gasteiger partial charge on any atom is 0.191 e. The molecular formula is C23H31N3O3S. The predicted molar refractivity (Wildman–Crippen MR) is 121 cm³/mol. The lowest BCUT2D eigenvalue weighted by molar-refractivity contribution is 0.296. The molecule has 3 rings (SSSR count). The van der Waals surface area contributed by atoms with Gasteiger partial charge in [-0.1, -0.05) is 30.3 Å². The van der Waals surface area contributed by atoms with E-state index < -0.39 is 9.84 Å². The summed E-state index contributed by atoms with van der Waals surface area (Å²) >= 11 is 0. The molecule has 0 aliphatic heterocycles. The fraction of sp³-hybridized carbons (Fsp3) is 0.435. The summed E-state index contributed by atoms with van der Waals surface area (Å²) in [6.45, 7) is 6.44. The molecule has 0 atom stereocenters. The minimum atomic E-state index is -3.21. The van der Waals surface area contributed by atoms with Crippen LogP contribution in [0.5, 0.6) is 5.75 Å². The number of benzene rings is 2. The van der Waals surface area contributed by atoms with Crippen molar-refractivity contribution >= 4 is 15.8 Å². The Bertz CT molecular complexity index is 999. The second-order valence-corrected chi connectivity index (χ2v) is 9.77. The van der Waals surface area contributed by atoms with Crippen molar-refractivity contribution in [3.8, 4) is 5.75 Å². The van der Waals surface area contributed by atoms with Crippen LogP contribution in [-0.2, 0) is 22.9 Å². The number of nitrogens with zero attached hydrogens (tertiary/aromatic N) is 1. The molecule has 1 saturated carbocycles. The molecule has 1 aliphatic carbocycles. The van der Waals surface area contributed by atoms with Crippen molar-refractivity contribution in [2.75, 3.05) is 19.4 Å². The van der Waals surface area contributed by atoms with Crippen molar-refractivity contribution in [2.24, 2.45) is 10.9 Å². The second-order valence-electron chi connectivity index (χ2n) is 7.78. The molecule has 6 nitrogen and oxygen atoms in total. The van der Waals surface area contributed by atoms with Gasteiger partial charge in [0.1, 0.15) is 5.75 Å². The molecule has 0 amide bonds. The van der Waals surface area contributed by atoms with Crippen LogP contribution in [0.15, 0.2) is 52.4 Å². The third-order valence-electron chi connectivity index (χ3n) is 4.99. The van der Waals surface area contributed by atoms with E-state index in [1.807, 2.05) is 44.2 Å². The van der Waals surface area contributed by atoms with Gasteiger partial charge in [-0.15, -0.1) is 0 Å². The van der Waals surface area contributed by atoms with Gasteiger partial charge < -0.3 is 15.4 Å². The molecule has 0 radical (unpaired) electrons. The number of aliphatic imine (C=N–C) groups is 1. The van der Waals surface area contributed by atoms with Crippen molar-refractivity contribution in [3.05, 3.63) is 59.2 Å². The summed E-state index contributed by atoms with van der Waals surface area (Å²) in [5.74, 6) is 2.33. The first-order chi connectivity index (χ1) is 14.4. The average Bonchev–Trinajstić information content (AvgIpc) is 3.52. The molecule has 0 saturated heterocycles. The molecule has 2 N–H and O–H groups in total. The van der Waals surface area contributed by atoms with Gasteiger partial charge in [-0.3, -0.25) is 0 Å². The van der Waals surface area contributed by atoms with E-state index in [9.17, 15) is 8.42 Å². The number of sulfone groups is 1. The van der Waals surface area contributed by atoms with Gasteiger partial charge in [-0.2, -0.15) is 0 Å². The van der Waals surface area contributed by atoms with Crippen molar-refractivity contribution in [3.63, 3.8) is 0 Å². The number of rotatable bonds is 9. The highest BCUT2D eigenvalue weighted by Gasteiger charge is 2.22. The monoisotopic (exact) mass is 429 g/mol. The number of nitrogens with one attached hydrogen (secondary N) is 2. The van der Waals surface area contributed by atoms with Crippen LogP contribution in [0.25, 0.3) is 0 Å². The summed E-state index contributed by atoms with van der Waals surface area (Å²) < 4.78 is 29.6. The first-order valence-electron chi connectivity index (χ1n) is 10.4. The Kier molecular flexibility index (Phi) is 7.37. The second kappa shape index (κ2) is 9.98. The topological polar surface area (TPSA) is 79.8 Å². The molecular weight excluding hydrogens is 398 g/mol. The van der Waals surface area contributed by atoms with Crippen LogP contribution in [0, 0.1) is 12.8 Å². The van der Waals surface area contributed by atoms with Gasteiger partial charge in [0.2, 0.25) is 0 Å². The van der Waals surface area contributed by atoms with Gasteiger partial charge in [0, 0.05) is 24.9 Å². The fourth-order valence-electron chi connectivity index (χ4n) is 3.20. The Labute approximate surface area is 179 Å².